The number of hydrazone groups is 1. The molecule has 1 aromatic carbocycles. The van der Waals surface area contributed by atoms with E-state index in [2.05, 4.69) is 15.8 Å². The maximum absolute atomic E-state index is 12.9. The topological polar surface area (TPSA) is 70.6 Å². The summed E-state index contributed by atoms with van der Waals surface area (Å²) >= 11 is 1.44. The van der Waals surface area contributed by atoms with Crippen LogP contribution in [0, 0.1) is 6.92 Å². The summed E-state index contributed by atoms with van der Waals surface area (Å²) in [5, 5.41) is 7.75. The van der Waals surface area contributed by atoms with Gasteiger partial charge in [0.25, 0.3) is 11.8 Å². The molecule has 0 bridgehead atoms. The standard InChI is InChI=1S/C16H14F3N3O2S/c1-10-6-7-25-13(10)8-21-22-14(23)9-20-15(24)11-4-2-3-5-12(11)16(17,18)19/h2-8H,9H2,1H3,(H,20,24)(H,22,23)/b21-8+. The van der Waals surface area contributed by atoms with Crippen molar-refractivity contribution >= 4 is 29.4 Å². The molecule has 0 aliphatic heterocycles. The monoisotopic (exact) mass is 369 g/mol. The van der Waals surface area contributed by atoms with Crippen LogP contribution in [0.4, 0.5) is 13.2 Å². The summed E-state index contributed by atoms with van der Waals surface area (Å²) in [5.41, 5.74) is 1.60. The largest absolute Gasteiger partial charge is 0.417 e. The first-order valence-corrected chi connectivity index (χ1v) is 7.97. The molecule has 1 aromatic heterocycles. The number of halogens is 3. The van der Waals surface area contributed by atoms with E-state index in [4.69, 9.17) is 0 Å². The lowest BCUT2D eigenvalue weighted by atomic mass is 10.1. The van der Waals surface area contributed by atoms with Gasteiger partial charge in [-0.25, -0.2) is 5.43 Å². The van der Waals surface area contributed by atoms with Crippen LogP contribution < -0.4 is 10.7 Å². The molecule has 0 fully saturated rings. The smallest absolute Gasteiger partial charge is 0.343 e. The van der Waals surface area contributed by atoms with Gasteiger partial charge in [0.05, 0.1) is 23.9 Å². The maximum Gasteiger partial charge on any atom is 0.417 e. The summed E-state index contributed by atoms with van der Waals surface area (Å²) in [6.45, 7) is 1.39. The quantitative estimate of drug-likeness (QED) is 0.628. The van der Waals surface area contributed by atoms with Crippen LogP contribution in [-0.2, 0) is 11.0 Å². The van der Waals surface area contributed by atoms with Gasteiger partial charge in [0.15, 0.2) is 0 Å². The molecule has 0 aliphatic rings. The lowest BCUT2D eigenvalue weighted by molar-refractivity contribution is -0.137. The van der Waals surface area contributed by atoms with Gasteiger partial charge in [-0.05, 0) is 36.1 Å². The average Bonchev–Trinajstić information content (AvgIpc) is 2.97. The number of nitrogens with zero attached hydrogens (tertiary/aromatic N) is 1. The highest BCUT2D eigenvalue weighted by Crippen LogP contribution is 2.31. The van der Waals surface area contributed by atoms with Gasteiger partial charge >= 0.3 is 6.18 Å². The second-order valence-electron chi connectivity index (χ2n) is 4.99. The normalized spacial score (nSPS) is 11.5. The molecular weight excluding hydrogens is 355 g/mol. The van der Waals surface area contributed by atoms with Crippen LogP contribution in [0.25, 0.3) is 0 Å². The number of rotatable bonds is 5. The van der Waals surface area contributed by atoms with Crippen molar-refractivity contribution in [3.05, 3.63) is 57.3 Å². The van der Waals surface area contributed by atoms with Crippen molar-refractivity contribution in [3.8, 4) is 0 Å². The Morgan fingerprint density at radius 2 is 1.96 bits per heavy atom. The van der Waals surface area contributed by atoms with Gasteiger partial charge in [-0.15, -0.1) is 11.3 Å². The fraction of sp³-hybridized carbons (Fsp3) is 0.188. The van der Waals surface area contributed by atoms with Gasteiger partial charge in [-0.3, -0.25) is 9.59 Å². The van der Waals surface area contributed by atoms with Crippen LogP contribution in [0.2, 0.25) is 0 Å². The number of carbonyl (C=O) groups excluding carboxylic acids is 2. The van der Waals surface area contributed by atoms with Gasteiger partial charge in [0.1, 0.15) is 0 Å². The first-order chi connectivity index (χ1) is 11.8. The van der Waals surface area contributed by atoms with Crippen molar-refractivity contribution in [3.63, 3.8) is 0 Å². The van der Waals surface area contributed by atoms with Crippen LogP contribution in [-0.4, -0.2) is 24.6 Å². The third kappa shape index (κ3) is 5.15. The number of nitrogens with one attached hydrogen (secondary N) is 2. The lowest BCUT2D eigenvalue weighted by Crippen LogP contribution is -2.35. The van der Waals surface area contributed by atoms with Crippen molar-refractivity contribution in [1.82, 2.24) is 10.7 Å². The van der Waals surface area contributed by atoms with E-state index in [-0.39, 0.29) is 0 Å². The van der Waals surface area contributed by atoms with E-state index in [1.54, 1.807) is 0 Å². The summed E-state index contributed by atoms with van der Waals surface area (Å²) in [6.07, 6.45) is -3.20. The SMILES string of the molecule is Cc1ccsc1/C=N/NC(=O)CNC(=O)c1ccccc1C(F)(F)F. The van der Waals surface area contributed by atoms with Gasteiger partial charge in [-0.2, -0.15) is 18.3 Å². The van der Waals surface area contributed by atoms with Crippen LogP contribution in [0.5, 0.6) is 0 Å². The van der Waals surface area contributed by atoms with Crippen molar-refractivity contribution in [1.29, 1.82) is 0 Å². The Balaban J connectivity index is 1.91. The number of hydrogen-bond donors (Lipinski definition) is 2. The molecule has 2 aromatic rings. The van der Waals surface area contributed by atoms with Crippen LogP contribution in [0.15, 0.2) is 40.8 Å². The third-order valence-corrected chi connectivity index (χ3v) is 4.11. The first kappa shape index (κ1) is 18.7. The number of hydrogen-bond acceptors (Lipinski definition) is 4. The zero-order valence-corrected chi connectivity index (χ0v) is 13.9. The van der Waals surface area contributed by atoms with Gasteiger partial charge in [-0.1, -0.05) is 12.1 Å². The molecule has 0 radical (unpaired) electrons. The van der Waals surface area contributed by atoms with E-state index >= 15 is 0 Å². The van der Waals surface area contributed by atoms with Gasteiger partial charge in [0.2, 0.25) is 0 Å². The van der Waals surface area contributed by atoms with E-state index < -0.39 is 35.7 Å². The minimum Gasteiger partial charge on any atom is -0.343 e. The Bertz CT molecular complexity index is 800. The minimum atomic E-state index is -4.65. The molecule has 2 N–H and O–H groups in total. The Hall–Kier alpha value is -2.68. The molecule has 2 amide bonds. The van der Waals surface area contributed by atoms with E-state index in [1.165, 1.54) is 29.7 Å². The number of thiophene rings is 1. The fourth-order valence-electron chi connectivity index (χ4n) is 1.90. The van der Waals surface area contributed by atoms with Crippen molar-refractivity contribution in [2.75, 3.05) is 6.54 Å². The van der Waals surface area contributed by atoms with Crippen molar-refractivity contribution in [2.24, 2.45) is 5.10 Å². The second-order valence-corrected chi connectivity index (χ2v) is 5.93. The lowest BCUT2D eigenvalue weighted by Gasteiger charge is -2.12. The zero-order chi connectivity index (χ0) is 18.4. The summed E-state index contributed by atoms with van der Waals surface area (Å²) in [6, 6.07) is 6.26. The van der Waals surface area contributed by atoms with E-state index in [1.807, 2.05) is 18.4 Å². The highest BCUT2D eigenvalue weighted by atomic mass is 32.1. The Kier molecular flexibility index (Phi) is 5.92. The predicted molar refractivity (Wildman–Crippen MR) is 88.6 cm³/mol. The molecule has 132 valence electrons. The van der Waals surface area contributed by atoms with Gasteiger partial charge < -0.3 is 5.32 Å². The molecule has 1 heterocycles. The number of aryl methyl sites for hydroxylation is 1. The summed E-state index contributed by atoms with van der Waals surface area (Å²) in [5.74, 6) is -1.63. The van der Waals surface area contributed by atoms with Gasteiger partial charge in [0, 0.05) is 4.88 Å². The highest BCUT2D eigenvalue weighted by Gasteiger charge is 2.34. The average molecular weight is 369 g/mol. The first-order valence-electron chi connectivity index (χ1n) is 7.09. The molecule has 0 saturated heterocycles. The number of carbonyl (C=O) groups is 2. The van der Waals surface area contributed by atoms with Crippen molar-refractivity contribution < 1.29 is 22.8 Å². The minimum absolute atomic E-state index is 0.494. The fourth-order valence-corrected chi connectivity index (χ4v) is 2.69. The van der Waals surface area contributed by atoms with E-state index in [0.717, 1.165) is 22.6 Å². The molecule has 0 spiro atoms. The molecule has 9 heteroatoms. The predicted octanol–water partition coefficient (Wildman–Crippen LogP) is 2.96. The summed E-state index contributed by atoms with van der Waals surface area (Å²) < 4.78 is 38.6. The number of benzene rings is 1. The van der Waals surface area contributed by atoms with E-state index in [9.17, 15) is 22.8 Å². The Morgan fingerprint density at radius 3 is 2.60 bits per heavy atom. The highest BCUT2D eigenvalue weighted by molar-refractivity contribution is 7.11. The molecule has 0 unspecified atom stereocenters. The third-order valence-electron chi connectivity index (χ3n) is 3.16. The second kappa shape index (κ2) is 7.93. The van der Waals surface area contributed by atoms with Crippen molar-refractivity contribution in [2.45, 2.75) is 13.1 Å². The number of amides is 2. The molecule has 5 nitrogen and oxygen atoms in total. The number of alkyl halides is 3. The maximum atomic E-state index is 12.9. The Labute approximate surface area is 145 Å². The molecule has 0 saturated carbocycles. The summed E-state index contributed by atoms with van der Waals surface area (Å²) in [4.78, 5) is 24.4. The van der Waals surface area contributed by atoms with E-state index in [0.29, 0.717) is 0 Å². The molecule has 0 atom stereocenters. The molecule has 2 rings (SSSR count). The molecular formula is C16H14F3N3O2S. The van der Waals surface area contributed by atoms with Crippen LogP contribution >= 0.6 is 11.3 Å². The zero-order valence-electron chi connectivity index (χ0n) is 13.1. The molecule has 25 heavy (non-hydrogen) atoms. The van der Waals surface area contributed by atoms with Crippen LogP contribution in [0.3, 0.4) is 0 Å². The Morgan fingerprint density at radius 1 is 1.24 bits per heavy atom. The van der Waals surface area contributed by atoms with Crippen LogP contribution in [0.1, 0.15) is 26.4 Å². The molecule has 0 aliphatic carbocycles. The summed E-state index contributed by atoms with van der Waals surface area (Å²) in [7, 11) is 0.